The monoisotopic (exact) mass is 307 g/mol. The zero-order chi connectivity index (χ0) is 14.5. The van der Waals surface area contributed by atoms with E-state index in [1.807, 2.05) is 37.5 Å². The molecule has 0 fully saturated rings. The Hall–Kier alpha value is -1.10. The largest absolute Gasteiger partial charge is 0.310 e. The first-order valence-electron chi connectivity index (χ1n) is 6.53. The third-order valence-corrected chi connectivity index (χ3v) is 3.92. The highest BCUT2D eigenvalue weighted by molar-refractivity contribution is 7.99. The predicted molar refractivity (Wildman–Crippen MR) is 84.3 cm³/mol. The molecule has 0 saturated carbocycles. The minimum absolute atomic E-state index is 0.444. The first-order valence-corrected chi connectivity index (χ1v) is 7.72. The lowest BCUT2D eigenvalue weighted by Crippen LogP contribution is -2.22. The van der Waals surface area contributed by atoms with Crippen molar-refractivity contribution in [3.8, 4) is 0 Å². The third-order valence-electron chi connectivity index (χ3n) is 2.69. The standard InChI is InChI=1S/C15H18ClN3S/c1-10(2)17-9-12-4-5-13(16)6-14(12)20-15-18-7-11(3)8-19-15/h4-8,10,17H,9H2,1-3H3. The minimum Gasteiger partial charge on any atom is -0.310 e. The lowest BCUT2D eigenvalue weighted by Gasteiger charge is -2.12. The Labute approximate surface area is 129 Å². The molecule has 1 aromatic heterocycles. The molecule has 1 N–H and O–H groups in total. The van der Waals surface area contributed by atoms with Gasteiger partial charge in [0.1, 0.15) is 0 Å². The quantitative estimate of drug-likeness (QED) is 0.844. The Balaban J connectivity index is 2.20. The van der Waals surface area contributed by atoms with Crippen molar-refractivity contribution in [1.29, 1.82) is 0 Å². The van der Waals surface area contributed by atoms with Gasteiger partial charge in [0.15, 0.2) is 5.16 Å². The van der Waals surface area contributed by atoms with Gasteiger partial charge in [-0.1, -0.05) is 31.5 Å². The molecule has 0 amide bonds. The first kappa shape index (κ1) is 15.3. The normalized spacial score (nSPS) is 11.1. The van der Waals surface area contributed by atoms with Crippen LogP contribution in [-0.4, -0.2) is 16.0 Å². The van der Waals surface area contributed by atoms with Crippen molar-refractivity contribution >= 4 is 23.4 Å². The Bertz CT molecular complexity index is 570. The molecule has 2 aromatic rings. The van der Waals surface area contributed by atoms with Crippen LogP contribution in [0, 0.1) is 6.92 Å². The van der Waals surface area contributed by atoms with Crippen LogP contribution in [0.1, 0.15) is 25.0 Å². The molecular formula is C15H18ClN3S. The number of hydrogen-bond acceptors (Lipinski definition) is 4. The molecule has 0 atom stereocenters. The van der Waals surface area contributed by atoms with Gasteiger partial charge in [-0.05, 0) is 41.9 Å². The summed E-state index contributed by atoms with van der Waals surface area (Å²) < 4.78 is 0. The summed E-state index contributed by atoms with van der Waals surface area (Å²) >= 11 is 7.64. The highest BCUT2D eigenvalue weighted by atomic mass is 35.5. The summed E-state index contributed by atoms with van der Waals surface area (Å²) in [6, 6.07) is 6.37. The maximum Gasteiger partial charge on any atom is 0.192 e. The van der Waals surface area contributed by atoms with Crippen LogP contribution in [-0.2, 0) is 6.54 Å². The van der Waals surface area contributed by atoms with Crippen LogP contribution in [0.3, 0.4) is 0 Å². The zero-order valence-corrected chi connectivity index (χ0v) is 13.4. The number of aromatic nitrogens is 2. The molecule has 1 aromatic carbocycles. The predicted octanol–water partition coefficient (Wildman–Crippen LogP) is 4.09. The topological polar surface area (TPSA) is 37.8 Å². The van der Waals surface area contributed by atoms with Crippen LogP contribution in [0.4, 0.5) is 0 Å². The molecule has 20 heavy (non-hydrogen) atoms. The molecule has 5 heteroatoms. The molecule has 0 bridgehead atoms. The van der Waals surface area contributed by atoms with Crippen LogP contribution < -0.4 is 5.32 Å². The molecule has 106 valence electrons. The van der Waals surface area contributed by atoms with E-state index in [-0.39, 0.29) is 0 Å². The zero-order valence-electron chi connectivity index (χ0n) is 11.9. The van der Waals surface area contributed by atoms with Crippen molar-refractivity contribution in [2.45, 2.75) is 43.4 Å². The molecule has 0 aliphatic rings. The third kappa shape index (κ3) is 4.47. The van der Waals surface area contributed by atoms with Crippen molar-refractivity contribution in [3.63, 3.8) is 0 Å². The summed E-state index contributed by atoms with van der Waals surface area (Å²) in [7, 11) is 0. The first-order chi connectivity index (χ1) is 9.54. The summed E-state index contributed by atoms with van der Waals surface area (Å²) in [5.74, 6) is 0. The summed E-state index contributed by atoms with van der Waals surface area (Å²) in [5.41, 5.74) is 2.26. The van der Waals surface area contributed by atoms with E-state index < -0.39 is 0 Å². The van der Waals surface area contributed by atoms with Gasteiger partial charge in [0, 0.05) is 34.9 Å². The van der Waals surface area contributed by atoms with Gasteiger partial charge in [-0.25, -0.2) is 9.97 Å². The highest BCUT2D eigenvalue weighted by Gasteiger charge is 2.08. The van der Waals surface area contributed by atoms with E-state index in [1.54, 1.807) is 11.8 Å². The van der Waals surface area contributed by atoms with Gasteiger partial charge < -0.3 is 5.32 Å². The van der Waals surface area contributed by atoms with Crippen molar-refractivity contribution in [2.75, 3.05) is 0 Å². The lowest BCUT2D eigenvalue weighted by atomic mass is 10.2. The van der Waals surface area contributed by atoms with E-state index in [9.17, 15) is 0 Å². The van der Waals surface area contributed by atoms with Gasteiger partial charge in [0.25, 0.3) is 0 Å². The van der Waals surface area contributed by atoms with Crippen molar-refractivity contribution < 1.29 is 0 Å². The smallest absolute Gasteiger partial charge is 0.192 e. The van der Waals surface area contributed by atoms with E-state index in [1.165, 1.54) is 5.56 Å². The van der Waals surface area contributed by atoms with Crippen LogP contribution in [0.5, 0.6) is 0 Å². The van der Waals surface area contributed by atoms with Gasteiger partial charge in [0.2, 0.25) is 0 Å². The van der Waals surface area contributed by atoms with Gasteiger partial charge >= 0.3 is 0 Å². The molecule has 3 nitrogen and oxygen atoms in total. The van der Waals surface area contributed by atoms with Gasteiger partial charge in [-0.2, -0.15) is 0 Å². The Morgan fingerprint density at radius 3 is 2.60 bits per heavy atom. The highest BCUT2D eigenvalue weighted by Crippen LogP contribution is 2.30. The van der Waals surface area contributed by atoms with Gasteiger partial charge in [-0.15, -0.1) is 0 Å². The fraction of sp³-hybridized carbons (Fsp3) is 0.333. The van der Waals surface area contributed by atoms with Crippen molar-refractivity contribution in [1.82, 2.24) is 15.3 Å². The molecule has 2 rings (SSSR count). The number of halogens is 1. The maximum atomic E-state index is 6.10. The average Bonchev–Trinajstić information content (AvgIpc) is 2.40. The summed E-state index contributed by atoms with van der Waals surface area (Å²) in [4.78, 5) is 9.75. The average molecular weight is 308 g/mol. The second kappa shape index (κ2) is 7.07. The van der Waals surface area contributed by atoms with Gasteiger partial charge in [-0.3, -0.25) is 0 Å². The van der Waals surface area contributed by atoms with Crippen molar-refractivity contribution in [2.24, 2.45) is 0 Å². The summed E-state index contributed by atoms with van der Waals surface area (Å²) in [6.07, 6.45) is 3.65. The number of aryl methyl sites for hydroxylation is 1. The molecule has 0 unspecified atom stereocenters. The van der Waals surface area contributed by atoms with E-state index >= 15 is 0 Å². The number of nitrogens with zero attached hydrogens (tertiary/aromatic N) is 2. The van der Waals surface area contributed by atoms with E-state index in [0.29, 0.717) is 6.04 Å². The van der Waals surface area contributed by atoms with E-state index in [0.717, 1.165) is 27.2 Å². The Kier molecular flexibility index (Phi) is 5.40. The molecule has 0 aliphatic heterocycles. The molecule has 0 radical (unpaired) electrons. The van der Waals surface area contributed by atoms with Crippen LogP contribution in [0.25, 0.3) is 0 Å². The molecule has 1 heterocycles. The molecule has 0 aliphatic carbocycles. The van der Waals surface area contributed by atoms with Gasteiger partial charge in [0.05, 0.1) is 0 Å². The van der Waals surface area contributed by atoms with Crippen LogP contribution in [0.15, 0.2) is 40.6 Å². The number of nitrogens with one attached hydrogen (secondary N) is 1. The number of benzene rings is 1. The summed E-state index contributed by atoms with van der Waals surface area (Å²) in [5, 5.41) is 4.89. The Morgan fingerprint density at radius 1 is 1.25 bits per heavy atom. The second-order valence-electron chi connectivity index (χ2n) is 4.93. The maximum absolute atomic E-state index is 6.10. The fourth-order valence-electron chi connectivity index (χ4n) is 1.62. The number of rotatable bonds is 5. The van der Waals surface area contributed by atoms with E-state index in [2.05, 4.69) is 29.1 Å². The SMILES string of the molecule is Cc1cnc(Sc2cc(Cl)ccc2CNC(C)C)nc1. The second-order valence-corrected chi connectivity index (χ2v) is 6.38. The molecule has 0 saturated heterocycles. The van der Waals surface area contributed by atoms with Crippen LogP contribution >= 0.6 is 23.4 Å². The lowest BCUT2D eigenvalue weighted by molar-refractivity contribution is 0.584. The molecule has 0 spiro atoms. The fourth-order valence-corrected chi connectivity index (χ4v) is 2.72. The van der Waals surface area contributed by atoms with Crippen LogP contribution in [0.2, 0.25) is 5.02 Å². The van der Waals surface area contributed by atoms with E-state index in [4.69, 9.17) is 11.6 Å². The number of hydrogen-bond donors (Lipinski definition) is 1. The van der Waals surface area contributed by atoms with Crippen molar-refractivity contribution in [3.05, 3.63) is 46.7 Å². The Morgan fingerprint density at radius 2 is 1.95 bits per heavy atom. The molecular weight excluding hydrogens is 290 g/mol. The minimum atomic E-state index is 0.444. The summed E-state index contributed by atoms with van der Waals surface area (Å²) in [6.45, 7) is 7.05.